The monoisotopic (exact) mass is 334 g/mol. The summed E-state index contributed by atoms with van der Waals surface area (Å²) in [6.07, 6.45) is 8.01. The Hall–Kier alpha value is -2.85. The van der Waals surface area contributed by atoms with Crippen LogP contribution in [0.5, 0.6) is 5.75 Å². The minimum atomic E-state index is 0.658. The van der Waals surface area contributed by atoms with E-state index in [1.54, 1.807) is 31.8 Å². The van der Waals surface area contributed by atoms with Crippen LogP contribution >= 0.6 is 11.6 Å². The number of H-pyrrole nitrogens is 1. The number of ether oxygens (including phenoxy) is 1. The van der Waals surface area contributed by atoms with Gasteiger partial charge in [0.1, 0.15) is 5.75 Å². The van der Waals surface area contributed by atoms with Crippen LogP contribution in [0.25, 0.3) is 33.3 Å². The van der Waals surface area contributed by atoms with Crippen LogP contribution in [-0.4, -0.2) is 22.1 Å². The molecule has 4 rings (SSSR count). The van der Waals surface area contributed by atoms with Crippen molar-refractivity contribution in [2.75, 3.05) is 7.11 Å². The summed E-state index contributed by atoms with van der Waals surface area (Å²) in [5.41, 5.74) is 4.80. The van der Waals surface area contributed by atoms with Gasteiger partial charge in [-0.15, -0.1) is 0 Å². The van der Waals surface area contributed by atoms with E-state index >= 15 is 0 Å². The number of rotatable bonds is 3. The van der Waals surface area contributed by atoms with E-state index < -0.39 is 0 Å². The molecular formula is C19H13ClN3O. The Bertz CT molecular complexity index is 1010. The molecule has 3 heterocycles. The highest BCUT2D eigenvalue weighted by molar-refractivity contribution is 6.34. The molecule has 0 atom stereocenters. The highest BCUT2D eigenvalue weighted by Crippen LogP contribution is 2.34. The fraction of sp³-hybridized carbons (Fsp3) is 0.0526. The van der Waals surface area contributed by atoms with E-state index in [1.807, 2.05) is 18.2 Å². The number of nitrogens with one attached hydrogen (secondary N) is 1. The Morgan fingerprint density at radius 1 is 1.08 bits per heavy atom. The molecule has 1 N–H and O–H groups in total. The van der Waals surface area contributed by atoms with E-state index in [1.165, 1.54) is 0 Å². The van der Waals surface area contributed by atoms with Gasteiger partial charge < -0.3 is 9.72 Å². The molecule has 24 heavy (non-hydrogen) atoms. The fourth-order valence-corrected chi connectivity index (χ4v) is 2.96. The topological polar surface area (TPSA) is 50.8 Å². The summed E-state index contributed by atoms with van der Waals surface area (Å²) in [6, 6.07) is 11.7. The van der Waals surface area contributed by atoms with Gasteiger partial charge in [-0.3, -0.25) is 9.97 Å². The van der Waals surface area contributed by atoms with Gasteiger partial charge in [0.05, 0.1) is 24.5 Å². The summed E-state index contributed by atoms with van der Waals surface area (Å²) in [5, 5.41) is 1.73. The van der Waals surface area contributed by atoms with Gasteiger partial charge in [-0.2, -0.15) is 0 Å². The van der Waals surface area contributed by atoms with E-state index in [2.05, 4.69) is 33.3 Å². The van der Waals surface area contributed by atoms with Gasteiger partial charge in [-0.1, -0.05) is 11.6 Å². The molecule has 3 aromatic heterocycles. The molecule has 1 radical (unpaired) electrons. The second-order valence-electron chi connectivity index (χ2n) is 5.39. The molecule has 0 aliphatic heterocycles. The molecule has 0 unspecified atom stereocenters. The highest BCUT2D eigenvalue weighted by Gasteiger charge is 2.10. The van der Waals surface area contributed by atoms with Crippen LogP contribution < -0.4 is 4.74 Å². The van der Waals surface area contributed by atoms with Crippen molar-refractivity contribution in [3.8, 4) is 28.1 Å². The molecule has 0 fully saturated rings. The molecule has 117 valence electrons. The van der Waals surface area contributed by atoms with Crippen LogP contribution in [-0.2, 0) is 0 Å². The summed E-state index contributed by atoms with van der Waals surface area (Å²) in [5.74, 6) is 0.699. The number of halogens is 1. The molecule has 0 aliphatic carbocycles. The Balaban J connectivity index is 1.84. The molecule has 0 saturated heterocycles. The minimum absolute atomic E-state index is 0.658. The van der Waals surface area contributed by atoms with Gasteiger partial charge in [0, 0.05) is 45.7 Å². The summed E-state index contributed by atoms with van der Waals surface area (Å²) in [6.45, 7) is 0. The highest BCUT2D eigenvalue weighted by atomic mass is 35.5. The van der Waals surface area contributed by atoms with Crippen molar-refractivity contribution in [2.24, 2.45) is 0 Å². The van der Waals surface area contributed by atoms with Gasteiger partial charge in [0.25, 0.3) is 0 Å². The maximum absolute atomic E-state index is 6.48. The summed E-state index contributed by atoms with van der Waals surface area (Å²) in [4.78, 5) is 11.6. The van der Waals surface area contributed by atoms with E-state index in [0.29, 0.717) is 10.8 Å². The van der Waals surface area contributed by atoms with Crippen LogP contribution in [0.1, 0.15) is 0 Å². The largest absolute Gasteiger partial charge is 0.495 e. The van der Waals surface area contributed by atoms with Crippen molar-refractivity contribution in [3.05, 3.63) is 66.2 Å². The van der Waals surface area contributed by atoms with Gasteiger partial charge in [-0.05, 0) is 36.4 Å². The van der Waals surface area contributed by atoms with Crippen molar-refractivity contribution in [2.45, 2.75) is 0 Å². The number of hydrogen-bond donors (Lipinski definition) is 1. The third-order valence-corrected chi connectivity index (χ3v) is 4.21. The Morgan fingerprint density at radius 2 is 2.00 bits per heavy atom. The smallest absolute Gasteiger partial charge is 0.137 e. The minimum Gasteiger partial charge on any atom is -0.495 e. The Kier molecular flexibility index (Phi) is 3.67. The van der Waals surface area contributed by atoms with Crippen molar-refractivity contribution >= 4 is 22.5 Å². The number of aromatic amines is 1. The molecule has 0 spiro atoms. The molecule has 1 aromatic carbocycles. The van der Waals surface area contributed by atoms with Gasteiger partial charge in [0.2, 0.25) is 0 Å². The maximum atomic E-state index is 6.48. The molecule has 4 aromatic rings. The number of fused-ring (bicyclic) bond motifs is 1. The standard InChI is InChI=1S/C19H13ClN3O/c1-24-15-5-14(10-22-11-15)16-6-13-7-18(12-3-2-4-21-9-12)23-19(13)8-17(16)20/h2-3,5-11,23H,1H3. The zero-order valence-electron chi connectivity index (χ0n) is 12.9. The van der Waals surface area contributed by atoms with E-state index in [0.717, 1.165) is 33.3 Å². The lowest BCUT2D eigenvalue weighted by Gasteiger charge is -2.06. The third kappa shape index (κ3) is 2.61. The van der Waals surface area contributed by atoms with Crippen LogP contribution in [0.2, 0.25) is 5.02 Å². The predicted octanol–water partition coefficient (Wildman–Crippen LogP) is 4.75. The lowest BCUT2D eigenvalue weighted by Crippen LogP contribution is -1.87. The summed E-state index contributed by atoms with van der Waals surface area (Å²) in [7, 11) is 1.62. The van der Waals surface area contributed by atoms with Gasteiger partial charge in [-0.25, -0.2) is 0 Å². The average molecular weight is 335 g/mol. The zero-order chi connectivity index (χ0) is 16.5. The van der Waals surface area contributed by atoms with Gasteiger partial charge >= 0.3 is 0 Å². The molecule has 4 nitrogen and oxygen atoms in total. The average Bonchev–Trinajstić information content (AvgIpc) is 3.04. The van der Waals surface area contributed by atoms with E-state index in [-0.39, 0.29) is 0 Å². The lowest BCUT2D eigenvalue weighted by molar-refractivity contribution is 0.413. The number of nitrogens with zero attached hydrogens (tertiary/aromatic N) is 2. The number of aromatic nitrogens is 3. The SMILES string of the molecule is COc1cncc(-c2cc3cc(-c4cc[c]nc4)[nH]c3cc2Cl)c1. The second-order valence-corrected chi connectivity index (χ2v) is 5.80. The van der Waals surface area contributed by atoms with Gasteiger partial charge in [0.15, 0.2) is 0 Å². The number of methoxy groups -OCH3 is 1. The number of benzene rings is 1. The normalized spacial score (nSPS) is 10.9. The van der Waals surface area contributed by atoms with Crippen LogP contribution in [0, 0.1) is 6.20 Å². The first-order valence-corrected chi connectivity index (χ1v) is 7.76. The zero-order valence-corrected chi connectivity index (χ0v) is 13.6. The maximum Gasteiger partial charge on any atom is 0.137 e. The molecule has 0 aliphatic rings. The summed E-state index contributed by atoms with van der Waals surface area (Å²) >= 11 is 6.48. The molecular weight excluding hydrogens is 322 g/mol. The van der Waals surface area contributed by atoms with Crippen LogP contribution in [0.3, 0.4) is 0 Å². The molecule has 5 heteroatoms. The first kappa shape index (κ1) is 14.7. The van der Waals surface area contributed by atoms with E-state index in [9.17, 15) is 0 Å². The van der Waals surface area contributed by atoms with Crippen molar-refractivity contribution in [3.63, 3.8) is 0 Å². The Morgan fingerprint density at radius 3 is 2.79 bits per heavy atom. The molecule has 0 amide bonds. The van der Waals surface area contributed by atoms with E-state index in [4.69, 9.17) is 16.3 Å². The first-order chi connectivity index (χ1) is 11.7. The van der Waals surface area contributed by atoms with Crippen molar-refractivity contribution in [1.82, 2.24) is 15.0 Å². The van der Waals surface area contributed by atoms with Crippen LogP contribution in [0.15, 0.2) is 55.0 Å². The van der Waals surface area contributed by atoms with Crippen molar-refractivity contribution < 1.29 is 4.74 Å². The third-order valence-electron chi connectivity index (χ3n) is 3.89. The summed E-state index contributed by atoms with van der Waals surface area (Å²) < 4.78 is 5.24. The fourth-order valence-electron chi connectivity index (χ4n) is 2.69. The lowest BCUT2D eigenvalue weighted by atomic mass is 10.1. The number of hydrogen-bond acceptors (Lipinski definition) is 3. The molecule has 0 saturated carbocycles. The number of pyridine rings is 2. The second kappa shape index (κ2) is 5.98. The Labute approximate surface area is 144 Å². The van der Waals surface area contributed by atoms with Crippen molar-refractivity contribution in [1.29, 1.82) is 0 Å². The first-order valence-electron chi connectivity index (χ1n) is 7.39. The molecule has 0 bridgehead atoms. The van der Waals surface area contributed by atoms with Crippen LogP contribution in [0.4, 0.5) is 0 Å². The predicted molar refractivity (Wildman–Crippen MR) is 95.2 cm³/mol. The quantitative estimate of drug-likeness (QED) is 0.588.